The van der Waals surface area contributed by atoms with Gasteiger partial charge in [-0.3, -0.25) is 4.57 Å². The van der Waals surface area contributed by atoms with Crippen LogP contribution in [-0.2, 0) is 9.36 Å². The van der Waals surface area contributed by atoms with Crippen LogP contribution in [0.25, 0.3) is 0 Å². The van der Waals surface area contributed by atoms with Gasteiger partial charge in [0.2, 0.25) is 7.37 Å². The molecule has 1 unspecified atom stereocenters. The van der Waals surface area contributed by atoms with Crippen molar-refractivity contribution >= 4 is 13.3 Å². The molecule has 0 saturated heterocycles. The SMILES string of the molecule is CC(=C(C(=O)O)P(=O)(O)CCC1CCCCC1)C1CC1. The van der Waals surface area contributed by atoms with E-state index in [0.717, 1.165) is 25.7 Å². The minimum Gasteiger partial charge on any atom is -0.477 e. The summed E-state index contributed by atoms with van der Waals surface area (Å²) in [5, 5.41) is 9.12. The van der Waals surface area contributed by atoms with Crippen molar-refractivity contribution in [1.82, 2.24) is 0 Å². The number of carboxylic acid groups (broad SMARTS) is 1. The van der Waals surface area contributed by atoms with E-state index in [9.17, 15) is 19.4 Å². The van der Waals surface area contributed by atoms with E-state index in [4.69, 9.17) is 0 Å². The smallest absolute Gasteiger partial charge is 0.341 e. The van der Waals surface area contributed by atoms with Crippen molar-refractivity contribution in [3.63, 3.8) is 0 Å². The molecule has 0 spiro atoms. The van der Waals surface area contributed by atoms with Crippen LogP contribution in [0.2, 0.25) is 0 Å². The Balaban J connectivity index is 2.04. The molecule has 0 aromatic rings. The van der Waals surface area contributed by atoms with Gasteiger partial charge in [0.1, 0.15) is 5.31 Å². The molecule has 1 atom stereocenters. The maximum Gasteiger partial charge on any atom is 0.341 e. The molecule has 4 nitrogen and oxygen atoms in total. The number of carbonyl (C=O) groups is 1. The minimum absolute atomic E-state index is 0.128. The summed E-state index contributed by atoms with van der Waals surface area (Å²) in [6.45, 7) is 1.71. The van der Waals surface area contributed by atoms with Crippen molar-refractivity contribution in [1.29, 1.82) is 0 Å². The Morgan fingerprint density at radius 2 is 1.75 bits per heavy atom. The summed E-state index contributed by atoms with van der Waals surface area (Å²) in [6, 6.07) is 0. The highest BCUT2D eigenvalue weighted by atomic mass is 31.2. The lowest BCUT2D eigenvalue weighted by molar-refractivity contribution is -0.132. The predicted octanol–water partition coefficient (Wildman–Crippen LogP) is 4.00. The lowest BCUT2D eigenvalue weighted by atomic mass is 9.88. The molecule has 5 heteroatoms. The molecule has 0 aromatic heterocycles. The molecule has 0 bridgehead atoms. The molecule has 0 amide bonds. The van der Waals surface area contributed by atoms with Crippen LogP contribution in [0, 0.1) is 11.8 Å². The van der Waals surface area contributed by atoms with Gasteiger partial charge < -0.3 is 10.00 Å². The van der Waals surface area contributed by atoms with Gasteiger partial charge in [0.25, 0.3) is 0 Å². The Morgan fingerprint density at radius 3 is 2.25 bits per heavy atom. The topological polar surface area (TPSA) is 74.6 Å². The highest BCUT2D eigenvalue weighted by Gasteiger charge is 2.37. The fraction of sp³-hybridized carbons (Fsp3) is 0.800. The monoisotopic (exact) mass is 300 g/mol. The lowest BCUT2D eigenvalue weighted by Gasteiger charge is -2.23. The van der Waals surface area contributed by atoms with Crippen LogP contribution >= 0.6 is 7.37 Å². The van der Waals surface area contributed by atoms with Crippen molar-refractivity contribution in [2.75, 3.05) is 6.16 Å². The molecular weight excluding hydrogens is 275 g/mol. The van der Waals surface area contributed by atoms with Gasteiger partial charge in [0, 0.05) is 6.16 Å². The first kappa shape index (κ1) is 15.8. The van der Waals surface area contributed by atoms with Crippen LogP contribution in [-0.4, -0.2) is 22.1 Å². The van der Waals surface area contributed by atoms with Gasteiger partial charge in [-0.1, -0.05) is 32.1 Å². The van der Waals surface area contributed by atoms with Crippen molar-refractivity contribution in [3.05, 3.63) is 10.9 Å². The molecule has 0 radical (unpaired) electrons. The van der Waals surface area contributed by atoms with E-state index in [1.54, 1.807) is 6.92 Å². The van der Waals surface area contributed by atoms with Crippen LogP contribution in [0.1, 0.15) is 58.3 Å². The third-order valence-corrected chi connectivity index (χ3v) is 6.79. The van der Waals surface area contributed by atoms with Gasteiger partial charge in [0.15, 0.2) is 0 Å². The second-order valence-electron chi connectivity index (χ2n) is 6.33. The second-order valence-corrected chi connectivity index (χ2v) is 8.63. The fourth-order valence-corrected chi connectivity index (χ4v) is 5.22. The third kappa shape index (κ3) is 3.95. The minimum atomic E-state index is -3.72. The van der Waals surface area contributed by atoms with E-state index in [-0.39, 0.29) is 17.4 Å². The van der Waals surface area contributed by atoms with E-state index in [1.807, 2.05) is 0 Å². The molecule has 0 heterocycles. The molecule has 2 aliphatic carbocycles. The fourth-order valence-electron chi connectivity index (χ4n) is 3.25. The van der Waals surface area contributed by atoms with Gasteiger partial charge in [-0.05, 0) is 43.6 Å². The van der Waals surface area contributed by atoms with Gasteiger partial charge in [0.05, 0.1) is 0 Å². The summed E-state index contributed by atoms with van der Waals surface area (Å²) >= 11 is 0. The first-order chi connectivity index (χ1) is 9.42. The van der Waals surface area contributed by atoms with Crippen LogP contribution < -0.4 is 0 Å². The van der Waals surface area contributed by atoms with E-state index < -0.39 is 13.3 Å². The summed E-state index contributed by atoms with van der Waals surface area (Å²) in [5.74, 6) is -0.486. The van der Waals surface area contributed by atoms with Gasteiger partial charge >= 0.3 is 5.97 Å². The molecule has 2 aliphatic rings. The molecule has 2 N–H and O–H groups in total. The summed E-state index contributed by atoms with van der Waals surface area (Å²) in [7, 11) is -3.72. The van der Waals surface area contributed by atoms with Gasteiger partial charge in [-0.2, -0.15) is 0 Å². The lowest BCUT2D eigenvalue weighted by Crippen LogP contribution is -2.12. The Hall–Kier alpha value is -0.600. The summed E-state index contributed by atoms with van der Waals surface area (Å²) < 4.78 is 12.5. The highest BCUT2D eigenvalue weighted by Crippen LogP contribution is 2.55. The van der Waals surface area contributed by atoms with Gasteiger partial charge in [-0.15, -0.1) is 0 Å². The molecule has 20 heavy (non-hydrogen) atoms. The zero-order valence-electron chi connectivity index (χ0n) is 12.2. The largest absolute Gasteiger partial charge is 0.477 e. The quantitative estimate of drug-likeness (QED) is 0.574. The maximum atomic E-state index is 12.5. The van der Waals surface area contributed by atoms with Crippen molar-refractivity contribution < 1.29 is 19.4 Å². The predicted molar refractivity (Wildman–Crippen MR) is 78.9 cm³/mol. The standard InChI is InChI=1S/C15H25O4P/c1-11(13-7-8-13)14(15(16)17)20(18,19)10-9-12-5-3-2-4-6-12/h12-13H,2-10H2,1H3,(H,16,17)(H,18,19). The summed E-state index contributed by atoms with van der Waals surface area (Å²) in [5.41, 5.74) is 0.631. The van der Waals surface area contributed by atoms with E-state index in [0.29, 0.717) is 17.9 Å². The average molecular weight is 300 g/mol. The number of hydrogen-bond acceptors (Lipinski definition) is 2. The molecule has 2 rings (SSSR count). The molecule has 0 aromatic carbocycles. The third-order valence-electron chi connectivity index (χ3n) is 4.68. The van der Waals surface area contributed by atoms with Crippen LogP contribution in [0.3, 0.4) is 0 Å². The summed E-state index contributed by atoms with van der Waals surface area (Å²) in [4.78, 5) is 21.6. The normalized spacial score (nSPS) is 24.9. The van der Waals surface area contributed by atoms with E-state index >= 15 is 0 Å². The molecule has 2 fully saturated rings. The Bertz CT molecular complexity index is 445. The molecule has 0 aliphatic heterocycles. The first-order valence-electron chi connectivity index (χ1n) is 7.68. The average Bonchev–Trinajstić information content (AvgIpc) is 3.21. The Labute approximate surface area is 120 Å². The zero-order chi connectivity index (χ0) is 14.8. The Kier molecular flexibility index (Phi) is 5.09. The van der Waals surface area contributed by atoms with Crippen molar-refractivity contribution in [2.24, 2.45) is 11.8 Å². The number of rotatable bonds is 6. The van der Waals surface area contributed by atoms with Crippen LogP contribution in [0.5, 0.6) is 0 Å². The van der Waals surface area contributed by atoms with Crippen LogP contribution in [0.4, 0.5) is 0 Å². The van der Waals surface area contributed by atoms with E-state index in [1.165, 1.54) is 19.3 Å². The highest BCUT2D eigenvalue weighted by molar-refractivity contribution is 7.63. The number of aliphatic carboxylic acids is 1. The number of hydrogen-bond donors (Lipinski definition) is 2. The molecular formula is C15H25O4P. The maximum absolute atomic E-state index is 12.5. The number of allylic oxidation sites excluding steroid dienone is 1. The molecule has 114 valence electrons. The first-order valence-corrected chi connectivity index (χ1v) is 9.52. The van der Waals surface area contributed by atoms with Crippen molar-refractivity contribution in [2.45, 2.75) is 58.3 Å². The molecule has 2 saturated carbocycles. The number of carboxylic acids is 1. The van der Waals surface area contributed by atoms with Crippen LogP contribution in [0.15, 0.2) is 10.9 Å². The zero-order valence-corrected chi connectivity index (χ0v) is 13.1. The van der Waals surface area contributed by atoms with Crippen molar-refractivity contribution in [3.8, 4) is 0 Å². The second kappa shape index (κ2) is 6.44. The Morgan fingerprint density at radius 1 is 1.15 bits per heavy atom. The van der Waals surface area contributed by atoms with Gasteiger partial charge in [-0.25, -0.2) is 4.79 Å². The summed E-state index contributed by atoms with van der Waals surface area (Å²) in [6.07, 6.45) is 8.60. The van der Waals surface area contributed by atoms with E-state index in [2.05, 4.69) is 0 Å².